The monoisotopic (exact) mass is 324 g/mol. The highest BCUT2D eigenvalue weighted by Crippen LogP contribution is 2.46. The second-order valence-electron chi connectivity index (χ2n) is 7.23. The fraction of sp³-hybridized carbons (Fsp3) is 0.429. The van der Waals surface area contributed by atoms with Gasteiger partial charge in [-0.05, 0) is 85.5 Å². The third-order valence-corrected chi connectivity index (χ3v) is 5.72. The lowest BCUT2D eigenvalue weighted by Crippen LogP contribution is -2.32. The summed E-state index contributed by atoms with van der Waals surface area (Å²) in [5, 5.41) is 19.3. The van der Waals surface area contributed by atoms with Crippen LogP contribution in [0.15, 0.2) is 36.4 Å². The number of phenolic OH excluding ortho intramolecular Hbond substituents is 2. The average Bonchev–Trinajstić information content (AvgIpc) is 3.03. The fourth-order valence-corrected chi connectivity index (χ4v) is 4.59. The number of aryl methyl sites for hydroxylation is 2. The Morgan fingerprint density at radius 3 is 2.58 bits per heavy atom. The number of fused-ring (bicyclic) bond motifs is 1. The molecule has 0 saturated heterocycles. The lowest BCUT2D eigenvalue weighted by Gasteiger charge is -2.34. The molecular weight excluding hydrogens is 300 g/mol. The molecule has 2 unspecified atom stereocenters. The molecule has 3 heteroatoms. The first-order valence-corrected chi connectivity index (χ1v) is 8.90. The van der Waals surface area contributed by atoms with Gasteiger partial charge in [-0.15, -0.1) is 0 Å². The van der Waals surface area contributed by atoms with Gasteiger partial charge in [0.25, 0.3) is 0 Å². The zero-order valence-electron chi connectivity index (χ0n) is 14.0. The summed E-state index contributed by atoms with van der Waals surface area (Å²) in [6.45, 7) is 2.09. The number of hydrogen-bond donors (Lipinski definition) is 2. The van der Waals surface area contributed by atoms with E-state index >= 15 is 0 Å². The van der Waals surface area contributed by atoms with Crippen molar-refractivity contribution in [2.24, 2.45) is 5.92 Å². The van der Waals surface area contributed by atoms with Crippen molar-refractivity contribution < 1.29 is 14.9 Å². The number of phenols is 2. The lowest BCUT2D eigenvalue weighted by molar-refractivity contribution is 0.104. The summed E-state index contributed by atoms with van der Waals surface area (Å²) in [5.74, 6) is 2.62. The van der Waals surface area contributed by atoms with Gasteiger partial charge in [-0.3, -0.25) is 0 Å². The minimum absolute atomic E-state index is 0.239. The van der Waals surface area contributed by atoms with Crippen molar-refractivity contribution in [2.45, 2.75) is 51.0 Å². The van der Waals surface area contributed by atoms with Gasteiger partial charge in [0.15, 0.2) is 0 Å². The highest BCUT2D eigenvalue weighted by Gasteiger charge is 2.38. The van der Waals surface area contributed by atoms with Gasteiger partial charge in [-0.2, -0.15) is 0 Å². The van der Waals surface area contributed by atoms with E-state index < -0.39 is 0 Å². The average molecular weight is 324 g/mol. The Morgan fingerprint density at radius 2 is 1.75 bits per heavy atom. The van der Waals surface area contributed by atoms with Crippen molar-refractivity contribution in [3.8, 4) is 17.2 Å². The first-order valence-electron chi connectivity index (χ1n) is 8.90. The topological polar surface area (TPSA) is 49.7 Å². The maximum atomic E-state index is 9.68. The Morgan fingerprint density at radius 1 is 0.958 bits per heavy atom. The Balaban J connectivity index is 1.58. The Kier molecular flexibility index (Phi) is 3.87. The molecule has 3 atom stereocenters. The van der Waals surface area contributed by atoms with Crippen molar-refractivity contribution in [3.05, 3.63) is 53.1 Å². The van der Waals surface area contributed by atoms with Gasteiger partial charge in [-0.25, -0.2) is 0 Å². The molecule has 4 rings (SSSR count). The van der Waals surface area contributed by atoms with Crippen LogP contribution in [0.3, 0.4) is 0 Å². The van der Waals surface area contributed by atoms with Crippen LogP contribution >= 0.6 is 0 Å². The molecule has 0 bridgehead atoms. The molecule has 24 heavy (non-hydrogen) atoms. The third kappa shape index (κ3) is 2.72. The molecule has 1 aliphatic heterocycles. The van der Waals surface area contributed by atoms with Crippen LogP contribution in [0.2, 0.25) is 0 Å². The highest BCUT2D eigenvalue weighted by molar-refractivity contribution is 5.41. The van der Waals surface area contributed by atoms with Crippen molar-refractivity contribution in [3.63, 3.8) is 0 Å². The maximum Gasteiger partial charge on any atom is 0.123 e. The van der Waals surface area contributed by atoms with Crippen LogP contribution in [0.4, 0.5) is 0 Å². The van der Waals surface area contributed by atoms with Crippen molar-refractivity contribution in [1.29, 1.82) is 0 Å². The molecule has 0 aromatic heterocycles. The predicted molar refractivity (Wildman–Crippen MR) is 93.8 cm³/mol. The van der Waals surface area contributed by atoms with E-state index in [1.165, 1.54) is 30.4 Å². The van der Waals surface area contributed by atoms with E-state index in [2.05, 4.69) is 13.0 Å². The number of rotatable bonds is 2. The number of aromatic hydroxyl groups is 2. The summed E-state index contributed by atoms with van der Waals surface area (Å²) < 4.78 is 6.33. The Hall–Kier alpha value is -2.16. The van der Waals surface area contributed by atoms with Gasteiger partial charge in [0.2, 0.25) is 0 Å². The third-order valence-electron chi connectivity index (χ3n) is 5.72. The molecule has 2 aliphatic rings. The molecule has 1 heterocycles. The molecule has 2 aromatic carbocycles. The van der Waals surface area contributed by atoms with Gasteiger partial charge in [-0.1, -0.05) is 12.5 Å². The second-order valence-corrected chi connectivity index (χ2v) is 7.23. The summed E-state index contributed by atoms with van der Waals surface area (Å²) >= 11 is 0. The van der Waals surface area contributed by atoms with Crippen LogP contribution in [0.5, 0.6) is 17.2 Å². The first kappa shape index (κ1) is 15.4. The molecule has 3 nitrogen and oxygen atoms in total. The summed E-state index contributed by atoms with van der Waals surface area (Å²) in [4.78, 5) is 0. The quantitative estimate of drug-likeness (QED) is 0.843. The van der Waals surface area contributed by atoms with Gasteiger partial charge in [0, 0.05) is 5.92 Å². The fourth-order valence-electron chi connectivity index (χ4n) is 4.59. The van der Waals surface area contributed by atoms with E-state index in [4.69, 9.17) is 4.74 Å². The normalized spacial score (nSPS) is 26.0. The van der Waals surface area contributed by atoms with E-state index in [-0.39, 0.29) is 6.10 Å². The molecule has 2 aromatic rings. The zero-order valence-corrected chi connectivity index (χ0v) is 14.0. The van der Waals surface area contributed by atoms with Gasteiger partial charge in [0.05, 0.1) is 0 Å². The molecule has 0 spiro atoms. The molecule has 1 fully saturated rings. The lowest BCUT2D eigenvalue weighted by atomic mass is 9.81. The summed E-state index contributed by atoms with van der Waals surface area (Å²) in [6, 6.07) is 11.2. The van der Waals surface area contributed by atoms with Crippen LogP contribution in [-0.2, 0) is 6.42 Å². The van der Waals surface area contributed by atoms with Crippen LogP contribution in [0.1, 0.15) is 48.3 Å². The Labute approximate surface area is 142 Å². The van der Waals surface area contributed by atoms with E-state index in [1.54, 1.807) is 12.1 Å². The molecule has 1 saturated carbocycles. The number of hydrogen-bond acceptors (Lipinski definition) is 3. The minimum atomic E-state index is 0.239. The molecular formula is C21H24O3. The summed E-state index contributed by atoms with van der Waals surface area (Å²) in [5.41, 5.74) is 3.64. The Bertz CT molecular complexity index is 753. The largest absolute Gasteiger partial charge is 0.508 e. The van der Waals surface area contributed by atoms with Gasteiger partial charge >= 0.3 is 0 Å². The highest BCUT2D eigenvalue weighted by atomic mass is 16.5. The van der Waals surface area contributed by atoms with Crippen LogP contribution in [0, 0.1) is 12.8 Å². The van der Waals surface area contributed by atoms with E-state index in [0.717, 1.165) is 24.2 Å². The second kappa shape index (κ2) is 6.04. The van der Waals surface area contributed by atoms with E-state index in [9.17, 15) is 10.2 Å². The van der Waals surface area contributed by atoms with Crippen molar-refractivity contribution in [2.75, 3.05) is 0 Å². The smallest absolute Gasteiger partial charge is 0.123 e. The van der Waals surface area contributed by atoms with Gasteiger partial charge in [0.1, 0.15) is 23.4 Å². The molecule has 0 radical (unpaired) electrons. The van der Waals surface area contributed by atoms with Crippen LogP contribution in [0.25, 0.3) is 0 Å². The molecule has 126 valence electrons. The summed E-state index contributed by atoms with van der Waals surface area (Å²) in [6.07, 6.45) is 5.84. The molecule has 1 aliphatic carbocycles. The van der Waals surface area contributed by atoms with Gasteiger partial charge < -0.3 is 14.9 Å². The maximum absolute atomic E-state index is 9.68. The van der Waals surface area contributed by atoms with E-state index in [0.29, 0.717) is 23.3 Å². The van der Waals surface area contributed by atoms with Crippen molar-refractivity contribution >= 4 is 0 Å². The number of ether oxygens (including phenoxy) is 1. The first-order chi connectivity index (χ1) is 11.6. The standard InChI is InChI=1S/C21H24O3/c1-13-11-15(22)6-8-17(13)18-3-2-4-19(18)21-9-5-14-12-16(23)7-10-20(14)24-21/h6-8,10-12,18-19,21-23H,2-5,9H2,1H3/t18?,19?,21-/m0/s1. The zero-order chi connectivity index (χ0) is 16.7. The van der Waals surface area contributed by atoms with E-state index in [1.807, 2.05) is 18.2 Å². The van der Waals surface area contributed by atoms with Crippen LogP contribution < -0.4 is 4.74 Å². The molecule has 0 amide bonds. The minimum Gasteiger partial charge on any atom is -0.508 e. The van der Waals surface area contributed by atoms with Crippen LogP contribution in [-0.4, -0.2) is 16.3 Å². The summed E-state index contributed by atoms with van der Waals surface area (Å²) in [7, 11) is 0. The number of benzene rings is 2. The predicted octanol–water partition coefficient (Wildman–Crippen LogP) is 4.68. The molecule has 2 N–H and O–H groups in total. The van der Waals surface area contributed by atoms with Crippen molar-refractivity contribution in [1.82, 2.24) is 0 Å². The SMILES string of the molecule is Cc1cc(O)ccc1C1CCCC1[C@@H]1CCc2cc(O)ccc2O1.